The number of nitrogens with two attached hydrogens (primary N) is 1. The van der Waals surface area contributed by atoms with Gasteiger partial charge in [0.25, 0.3) is 0 Å². The first kappa shape index (κ1) is 13.0. The summed E-state index contributed by atoms with van der Waals surface area (Å²) < 4.78 is 0. The normalized spacial score (nSPS) is 16.9. The fraction of sp³-hybridized carbons (Fsp3) is 0.545. The van der Waals surface area contributed by atoms with Crippen LogP contribution < -0.4 is 10.6 Å². The predicted octanol–water partition coefficient (Wildman–Crippen LogP) is 1.86. The van der Waals surface area contributed by atoms with E-state index in [1.165, 1.54) is 6.20 Å². The van der Waals surface area contributed by atoms with Crippen molar-refractivity contribution in [1.82, 2.24) is 9.88 Å². The lowest BCUT2D eigenvalue weighted by Crippen LogP contribution is -2.46. The van der Waals surface area contributed by atoms with E-state index in [4.69, 9.17) is 17.3 Å². The van der Waals surface area contributed by atoms with E-state index in [9.17, 15) is 4.91 Å². The fourth-order valence-corrected chi connectivity index (χ4v) is 2.42. The molecule has 98 valence electrons. The van der Waals surface area contributed by atoms with Crippen molar-refractivity contribution in [3.8, 4) is 0 Å². The molecule has 2 heterocycles. The molecule has 2 N–H and O–H groups in total. The van der Waals surface area contributed by atoms with Crippen molar-refractivity contribution in [2.24, 2.45) is 5.18 Å². The summed E-state index contributed by atoms with van der Waals surface area (Å²) in [5.74, 6) is 0.127. The number of piperazine rings is 1. The van der Waals surface area contributed by atoms with Crippen LogP contribution in [0.15, 0.2) is 11.4 Å². The zero-order valence-corrected chi connectivity index (χ0v) is 11.0. The van der Waals surface area contributed by atoms with Crippen molar-refractivity contribution in [3.05, 3.63) is 16.1 Å². The van der Waals surface area contributed by atoms with Gasteiger partial charge in [0, 0.05) is 26.2 Å². The fourth-order valence-electron chi connectivity index (χ4n) is 2.16. The van der Waals surface area contributed by atoms with E-state index in [1.807, 2.05) is 4.90 Å². The number of anilines is 2. The Morgan fingerprint density at radius 2 is 2.11 bits per heavy atom. The highest BCUT2D eigenvalue weighted by Crippen LogP contribution is 2.39. The van der Waals surface area contributed by atoms with Crippen molar-refractivity contribution < 1.29 is 0 Å². The van der Waals surface area contributed by atoms with Gasteiger partial charge in [-0.2, -0.15) is 0 Å². The summed E-state index contributed by atoms with van der Waals surface area (Å²) in [4.78, 5) is 19.1. The number of rotatable bonds is 3. The molecular formula is C11H16ClN5O. The molecular weight excluding hydrogens is 254 g/mol. The largest absolute Gasteiger partial charge is 0.382 e. The third-order valence-corrected chi connectivity index (χ3v) is 3.51. The quantitative estimate of drug-likeness (QED) is 0.848. The van der Waals surface area contributed by atoms with E-state index < -0.39 is 0 Å². The first-order valence-electron chi connectivity index (χ1n) is 5.92. The van der Waals surface area contributed by atoms with Crippen molar-refractivity contribution in [3.63, 3.8) is 0 Å². The number of halogens is 1. The molecule has 0 bridgehead atoms. The van der Waals surface area contributed by atoms with Crippen molar-refractivity contribution in [2.45, 2.75) is 6.92 Å². The summed E-state index contributed by atoms with van der Waals surface area (Å²) >= 11 is 6.11. The van der Waals surface area contributed by atoms with Crippen LogP contribution in [0.5, 0.6) is 0 Å². The first-order valence-corrected chi connectivity index (χ1v) is 6.29. The summed E-state index contributed by atoms with van der Waals surface area (Å²) in [5, 5.41) is 3.39. The summed E-state index contributed by atoms with van der Waals surface area (Å²) in [6.07, 6.45) is 1.47. The van der Waals surface area contributed by atoms with Gasteiger partial charge in [-0.25, -0.2) is 4.98 Å². The topological polar surface area (TPSA) is 74.8 Å². The SMILES string of the molecule is CCN1CCN(c2c(Cl)cnc(N)c2N=O)CC1. The lowest BCUT2D eigenvalue weighted by atomic mass is 10.2. The lowest BCUT2D eigenvalue weighted by molar-refractivity contribution is 0.271. The Hall–Kier alpha value is -1.40. The van der Waals surface area contributed by atoms with E-state index in [0.717, 1.165) is 32.7 Å². The van der Waals surface area contributed by atoms with Gasteiger partial charge >= 0.3 is 0 Å². The minimum atomic E-state index is 0.127. The second-order valence-electron chi connectivity index (χ2n) is 4.20. The minimum absolute atomic E-state index is 0.127. The molecule has 0 radical (unpaired) electrons. The van der Waals surface area contributed by atoms with E-state index in [2.05, 4.69) is 22.0 Å². The van der Waals surface area contributed by atoms with Crippen LogP contribution in [0.2, 0.25) is 5.02 Å². The van der Waals surface area contributed by atoms with E-state index in [0.29, 0.717) is 10.7 Å². The Labute approximate surface area is 111 Å². The molecule has 0 unspecified atom stereocenters. The minimum Gasteiger partial charge on any atom is -0.382 e. The van der Waals surface area contributed by atoms with Gasteiger partial charge in [-0.1, -0.05) is 18.5 Å². The van der Waals surface area contributed by atoms with E-state index >= 15 is 0 Å². The van der Waals surface area contributed by atoms with E-state index in [1.54, 1.807) is 0 Å². The molecule has 1 saturated heterocycles. The standard InChI is InChI=1S/C11H16ClN5O/c1-2-16-3-5-17(6-4-16)10-8(12)7-14-11(13)9(10)15-18/h7H,2-6H2,1H3,(H2,13,14). The number of nitrogens with zero attached hydrogens (tertiary/aromatic N) is 4. The highest BCUT2D eigenvalue weighted by molar-refractivity contribution is 6.34. The Balaban J connectivity index is 2.28. The molecule has 0 amide bonds. The number of nitroso groups, excluding NO2 is 1. The van der Waals surface area contributed by atoms with Crippen LogP contribution in [0, 0.1) is 4.91 Å². The summed E-state index contributed by atoms with van der Waals surface area (Å²) in [6.45, 7) is 6.64. The lowest BCUT2D eigenvalue weighted by Gasteiger charge is -2.36. The highest BCUT2D eigenvalue weighted by Gasteiger charge is 2.23. The zero-order valence-electron chi connectivity index (χ0n) is 10.3. The second-order valence-corrected chi connectivity index (χ2v) is 4.61. The zero-order chi connectivity index (χ0) is 13.1. The molecule has 1 aliphatic heterocycles. The summed E-state index contributed by atoms with van der Waals surface area (Å²) in [5.41, 5.74) is 6.41. The van der Waals surface area contributed by atoms with Gasteiger partial charge in [-0.3, -0.25) is 0 Å². The number of aromatic nitrogens is 1. The Kier molecular flexibility index (Phi) is 3.98. The summed E-state index contributed by atoms with van der Waals surface area (Å²) in [7, 11) is 0. The van der Waals surface area contributed by atoms with Gasteiger partial charge in [0.2, 0.25) is 0 Å². The van der Waals surface area contributed by atoms with Gasteiger partial charge in [0.05, 0.1) is 16.9 Å². The maximum Gasteiger partial charge on any atom is 0.174 e. The molecule has 1 fully saturated rings. The molecule has 7 heteroatoms. The molecule has 1 aromatic heterocycles. The molecule has 0 aliphatic carbocycles. The smallest absolute Gasteiger partial charge is 0.174 e. The number of nitrogen functional groups attached to an aromatic ring is 1. The molecule has 1 aliphatic rings. The third-order valence-electron chi connectivity index (χ3n) is 3.24. The van der Waals surface area contributed by atoms with Crippen LogP contribution >= 0.6 is 11.6 Å². The van der Waals surface area contributed by atoms with Crippen LogP contribution in [-0.2, 0) is 0 Å². The van der Waals surface area contributed by atoms with Gasteiger partial charge < -0.3 is 15.5 Å². The number of pyridine rings is 1. The average molecular weight is 270 g/mol. The first-order chi connectivity index (χ1) is 8.67. The molecule has 6 nitrogen and oxygen atoms in total. The maximum atomic E-state index is 10.9. The monoisotopic (exact) mass is 269 g/mol. The Morgan fingerprint density at radius 3 is 2.67 bits per heavy atom. The third kappa shape index (κ3) is 2.39. The number of hydrogen-bond donors (Lipinski definition) is 1. The highest BCUT2D eigenvalue weighted by atomic mass is 35.5. The number of hydrogen-bond acceptors (Lipinski definition) is 6. The molecule has 0 atom stereocenters. The molecule has 18 heavy (non-hydrogen) atoms. The predicted molar refractivity (Wildman–Crippen MR) is 73.4 cm³/mol. The van der Waals surface area contributed by atoms with Crippen LogP contribution in [0.1, 0.15) is 6.92 Å². The number of likely N-dealkylation sites (N-methyl/N-ethyl adjacent to an activating group) is 1. The van der Waals surface area contributed by atoms with Crippen LogP contribution in [-0.4, -0.2) is 42.6 Å². The second kappa shape index (κ2) is 5.49. The molecule has 1 aromatic rings. The van der Waals surface area contributed by atoms with Crippen molar-refractivity contribution in [2.75, 3.05) is 43.4 Å². The van der Waals surface area contributed by atoms with Gasteiger partial charge in [0.15, 0.2) is 11.5 Å². The Bertz CT molecular complexity index is 445. The Morgan fingerprint density at radius 1 is 1.44 bits per heavy atom. The molecule has 0 aromatic carbocycles. The molecule has 0 spiro atoms. The van der Waals surface area contributed by atoms with Crippen molar-refractivity contribution >= 4 is 28.8 Å². The average Bonchev–Trinajstić information content (AvgIpc) is 2.41. The van der Waals surface area contributed by atoms with Crippen LogP contribution in [0.3, 0.4) is 0 Å². The molecule has 0 saturated carbocycles. The maximum absolute atomic E-state index is 10.9. The van der Waals surface area contributed by atoms with Crippen molar-refractivity contribution in [1.29, 1.82) is 0 Å². The van der Waals surface area contributed by atoms with Gasteiger partial charge in [-0.15, -0.1) is 4.91 Å². The van der Waals surface area contributed by atoms with Crippen LogP contribution in [0.4, 0.5) is 17.2 Å². The van der Waals surface area contributed by atoms with Gasteiger partial charge in [-0.05, 0) is 11.7 Å². The summed E-state index contributed by atoms with van der Waals surface area (Å²) in [6, 6.07) is 0. The van der Waals surface area contributed by atoms with Crippen LogP contribution in [0.25, 0.3) is 0 Å². The molecule has 2 rings (SSSR count). The van der Waals surface area contributed by atoms with Gasteiger partial charge in [0.1, 0.15) is 0 Å². The van der Waals surface area contributed by atoms with E-state index in [-0.39, 0.29) is 11.5 Å².